The molecule has 0 bridgehead atoms. The van der Waals surface area contributed by atoms with Gasteiger partial charge in [-0.15, -0.1) is 0 Å². The highest BCUT2D eigenvalue weighted by Crippen LogP contribution is 2.26. The molecule has 2 aliphatic heterocycles. The maximum Gasteiger partial charge on any atom is 0.169 e. The zero-order chi connectivity index (χ0) is 11.4. The summed E-state index contributed by atoms with van der Waals surface area (Å²) < 4.78 is 10.4. The Morgan fingerprint density at radius 3 is 2.75 bits per heavy atom. The van der Waals surface area contributed by atoms with Crippen LogP contribution in [0.4, 0.5) is 0 Å². The fourth-order valence-corrected chi connectivity index (χ4v) is 3.00. The molecular weight excluding hydrogens is 204 g/mol. The molecule has 0 saturated carbocycles. The SMILES string of the molecule is COC(CNC1CCN2CCCCC12)OC. The van der Waals surface area contributed by atoms with Crippen molar-refractivity contribution in [3.63, 3.8) is 0 Å². The highest BCUT2D eigenvalue weighted by atomic mass is 16.7. The Hall–Kier alpha value is -0.160. The summed E-state index contributed by atoms with van der Waals surface area (Å²) >= 11 is 0. The first-order valence-electron chi connectivity index (χ1n) is 6.38. The van der Waals surface area contributed by atoms with Crippen molar-refractivity contribution >= 4 is 0 Å². The number of hydrogen-bond acceptors (Lipinski definition) is 4. The lowest BCUT2D eigenvalue weighted by molar-refractivity contribution is -0.100. The van der Waals surface area contributed by atoms with E-state index in [1.807, 2.05) is 0 Å². The van der Waals surface area contributed by atoms with E-state index in [-0.39, 0.29) is 6.29 Å². The topological polar surface area (TPSA) is 33.7 Å². The van der Waals surface area contributed by atoms with Gasteiger partial charge in [-0.25, -0.2) is 0 Å². The van der Waals surface area contributed by atoms with Crippen molar-refractivity contribution in [1.82, 2.24) is 10.2 Å². The van der Waals surface area contributed by atoms with Crippen LogP contribution in [0.1, 0.15) is 25.7 Å². The molecule has 2 aliphatic rings. The summed E-state index contributed by atoms with van der Waals surface area (Å²) in [6, 6.07) is 1.39. The Labute approximate surface area is 98.3 Å². The third-order valence-corrected chi connectivity index (χ3v) is 3.93. The number of nitrogens with one attached hydrogen (secondary N) is 1. The first kappa shape index (κ1) is 12.3. The van der Waals surface area contributed by atoms with Gasteiger partial charge in [0, 0.05) is 39.4 Å². The predicted octanol–water partition coefficient (Wildman–Crippen LogP) is 0.822. The summed E-state index contributed by atoms with van der Waals surface area (Å²) in [7, 11) is 3.38. The number of rotatable bonds is 5. The molecule has 1 N–H and O–H groups in total. The molecule has 2 saturated heterocycles. The fraction of sp³-hybridized carbons (Fsp3) is 1.00. The molecule has 0 aromatic carbocycles. The number of methoxy groups -OCH3 is 2. The van der Waals surface area contributed by atoms with Crippen molar-refractivity contribution in [2.24, 2.45) is 0 Å². The van der Waals surface area contributed by atoms with E-state index in [0.29, 0.717) is 6.04 Å². The largest absolute Gasteiger partial charge is 0.355 e. The highest BCUT2D eigenvalue weighted by molar-refractivity contribution is 4.93. The first-order valence-corrected chi connectivity index (χ1v) is 6.38. The average Bonchev–Trinajstić information content (AvgIpc) is 2.74. The molecule has 0 aromatic rings. The van der Waals surface area contributed by atoms with Crippen LogP contribution in [0.5, 0.6) is 0 Å². The standard InChI is InChI=1S/C12H24N2O2/c1-15-12(16-2)9-13-10-6-8-14-7-4-3-5-11(10)14/h10-13H,3-9H2,1-2H3. The maximum atomic E-state index is 5.20. The van der Waals surface area contributed by atoms with E-state index in [1.165, 1.54) is 38.8 Å². The summed E-state index contributed by atoms with van der Waals surface area (Å²) in [6.45, 7) is 3.34. The number of ether oxygens (including phenoxy) is 2. The van der Waals surface area contributed by atoms with E-state index >= 15 is 0 Å². The Morgan fingerprint density at radius 1 is 1.19 bits per heavy atom. The van der Waals surface area contributed by atoms with Gasteiger partial charge < -0.3 is 14.8 Å². The number of hydrogen-bond donors (Lipinski definition) is 1. The molecule has 2 fully saturated rings. The van der Waals surface area contributed by atoms with Gasteiger partial charge in [0.05, 0.1) is 0 Å². The minimum Gasteiger partial charge on any atom is -0.355 e. The van der Waals surface area contributed by atoms with Crippen LogP contribution in [0.15, 0.2) is 0 Å². The van der Waals surface area contributed by atoms with Crippen LogP contribution in [0, 0.1) is 0 Å². The van der Waals surface area contributed by atoms with Crippen molar-refractivity contribution in [3.05, 3.63) is 0 Å². The first-order chi connectivity index (χ1) is 7.85. The molecule has 0 aliphatic carbocycles. The number of nitrogens with zero attached hydrogens (tertiary/aromatic N) is 1. The highest BCUT2D eigenvalue weighted by Gasteiger charge is 2.35. The summed E-state index contributed by atoms with van der Waals surface area (Å²) in [5.74, 6) is 0. The normalized spacial score (nSPS) is 30.9. The van der Waals surface area contributed by atoms with Gasteiger partial charge in [-0.1, -0.05) is 6.42 Å². The number of fused-ring (bicyclic) bond motifs is 1. The van der Waals surface area contributed by atoms with Crippen LogP contribution in [0.3, 0.4) is 0 Å². The molecule has 2 unspecified atom stereocenters. The van der Waals surface area contributed by atoms with E-state index in [1.54, 1.807) is 14.2 Å². The van der Waals surface area contributed by atoms with Gasteiger partial charge in [0.2, 0.25) is 0 Å². The van der Waals surface area contributed by atoms with Crippen LogP contribution in [-0.4, -0.2) is 57.1 Å². The van der Waals surface area contributed by atoms with E-state index in [4.69, 9.17) is 9.47 Å². The van der Waals surface area contributed by atoms with Crippen molar-refractivity contribution in [1.29, 1.82) is 0 Å². The summed E-state index contributed by atoms with van der Waals surface area (Å²) in [5.41, 5.74) is 0. The third kappa shape index (κ3) is 2.74. The lowest BCUT2D eigenvalue weighted by Crippen LogP contribution is -2.47. The van der Waals surface area contributed by atoms with E-state index in [2.05, 4.69) is 10.2 Å². The molecule has 2 rings (SSSR count). The molecule has 4 heteroatoms. The smallest absolute Gasteiger partial charge is 0.169 e. The van der Waals surface area contributed by atoms with Crippen molar-refractivity contribution in [2.45, 2.75) is 44.1 Å². The Balaban J connectivity index is 1.77. The summed E-state index contributed by atoms with van der Waals surface area (Å²) in [5, 5.41) is 3.59. The molecule has 94 valence electrons. The Kier molecular flexibility index (Phi) is 4.58. The molecule has 0 amide bonds. The second kappa shape index (κ2) is 5.96. The van der Waals surface area contributed by atoms with E-state index in [0.717, 1.165) is 12.6 Å². The number of piperidine rings is 1. The van der Waals surface area contributed by atoms with Crippen molar-refractivity contribution in [3.8, 4) is 0 Å². The lowest BCUT2D eigenvalue weighted by atomic mass is 9.99. The monoisotopic (exact) mass is 228 g/mol. The summed E-state index contributed by atoms with van der Waals surface area (Å²) in [6.07, 6.45) is 5.27. The predicted molar refractivity (Wildman–Crippen MR) is 63.4 cm³/mol. The van der Waals surface area contributed by atoms with Crippen LogP contribution < -0.4 is 5.32 Å². The lowest BCUT2D eigenvalue weighted by Gasteiger charge is -2.33. The van der Waals surface area contributed by atoms with Gasteiger partial charge in [0.25, 0.3) is 0 Å². The minimum absolute atomic E-state index is 0.113. The van der Waals surface area contributed by atoms with Gasteiger partial charge in [0.1, 0.15) is 0 Å². The minimum atomic E-state index is -0.113. The van der Waals surface area contributed by atoms with E-state index < -0.39 is 0 Å². The Bertz CT molecular complexity index is 209. The van der Waals surface area contributed by atoms with Gasteiger partial charge in [0.15, 0.2) is 6.29 Å². The van der Waals surface area contributed by atoms with E-state index in [9.17, 15) is 0 Å². The maximum absolute atomic E-state index is 5.20. The van der Waals surface area contributed by atoms with Gasteiger partial charge in [-0.05, 0) is 25.8 Å². The van der Waals surface area contributed by atoms with Gasteiger partial charge in [-0.2, -0.15) is 0 Å². The quantitative estimate of drug-likeness (QED) is 0.707. The van der Waals surface area contributed by atoms with Crippen molar-refractivity contribution < 1.29 is 9.47 Å². The molecule has 2 heterocycles. The summed E-state index contributed by atoms with van der Waals surface area (Å²) in [4.78, 5) is 2.63. The van der Waals surface area contributed by atoms with Crippen LogP contribution in [0.2, 0.25) is 0 Å². The molecular formula is C12H24N2O2. The molecule has 4 nitrogen and oxygen atoms in total. The molecule has 0 aromatic heterocycles. The van der Waals surface area contributed by atoms with Gasteiger partial charge >= 0.3 is 0 Å². The van der Waals surface area contributed by atoms with Crippen LogP contribution >= 0.6 is 0 Å². The second-order valence-electron chi connectivity index (χ2n) is 4.80. The Morgan fingerprint density at radius 2 is 2.00 bits per heavy atom. The zero-order valence-corrected chi connectivity index (χ0v) is 10.4. The van der Waals surface area contributed by atoms with Gasteiger partial charge in [-0.3, -0.25) is 4.90 Å². The molecule has 2 atom stereocenters. The molecule has 0 spiro atoms. The average molecular weight is 228 g/mol. The molecule has 16 heavy (non-hydrogen) atoms. The fourth-order valence-electron chi connectivity index (χ4n) is 3.00. The second-order valence-corrected chi connectivity index (χ2v) is 4.80. The third-order valence-electron chi connectivity index (χ3n) is 3.93. The zero-order valence-electron chi connectivity index (χ0n) is 10.4. The molecule has 0 radical (unpaired) electrons. The van der Waals surface area contributed by atoms with Crippen LogP contribution in [0.25, 0.3) is 0 Å². The van der Waals surface area contributed by atoms with Crippen LogP contribution in [-0.2, 0) is 9.47 Å². The van der Waals surface area contributed by atoms with Crippen molar-refractivity contribution in [2.75, 3.05) is 33.9 Å².